The minimum Gasteiger partial charge on any atom is -0.314 e. The van der Waals surface area contributed by atoms with E-state index in [0.29, 0.717) is 0 Å². The maximum atomic E-state index is 5.24. The van der Waals surface area contributed by atoms with Gasteiger partial charge in [0, 0.05) is 112 Å². The van der Waals surface area contributed by atoms with Crippen LogP contribution in [0, 0.1) is 0 Å². The molecule has 166 valence electrons. The number of hydrogen-bond donors (Lipinski definition) is 4. The molecule has 0 unspecified atom stereocenters. The van der Waals surface area contributed by atoms with Gasteiger partial charge in [-0.1, -0.05) is 0 Å². The van der Waals surface area contributed by atoms with Crippen LogP contribution >= 0.6 is 0 Å². The Hall–Kier alpha value is -1.21. The van der Waals surface area contributed by atoms with Gasteiger partial charge in [-0.15, -0.1) is 5.10 Å². The van der Waals surface area contributed by atoms with Gasteiger partial charge >= 0.3 is 0 Å². The van der Waals surface area contributed by atoms with Crippen LogP contribution in [0.5, 0.6) is 0 Å². The lowest BCUT2D eigenvalue weighted by molar-refractivity contribution is -0.153. The van der Waals surface area contributed by atoms with Gasteiger partial charge in [-0.3, -0.25) is 10.0 Å². The summed E-state index contributed by atoms with van der Waals surface area (Å²) in [6.07, 6.45) is 0. The van der Waals surface area contributed by atoms with Crippen molar-refractivity contribution >= 4 is 5.96 Å². The first-order chi connectivity index (χ1) is 14.3. The summed E-state index contributed by atoms with van der Waals surface area (Å²) in [5.74, 6) is 1.03. The van der Waals surface area contributed by atoms with E-state index in [0.717, 1.165) is 111 Å². The third-order valence-electron chi connectivity index (χ3n) is 6.03. The summed E-state index contributed by atoms with van der Waals surface area (Å²) >= 11 is 0. The van der Waals surface area contributed by atoms with Crippen molar-refractivity contribution in [3.63, 3.8) is 0 Å². The average molecular weight is 410 g/mol. The van der Waals surface area contributed by atoms with E-state index in [2.05, 4.69) is 58.5 Å². The molecule has 4 aliphatic rings. The largest absolute Gasteiger partial charge is 0.314 e. The lowest BCUT2D eigenvalue weighted by Crippen LogP contribution is -2.68. The lowest BCUT2D eigenvalue weighted by atomic mass is 10.4. The van der Waals surface area contributed by atoms with Crippen LogP contribution in [0.1, 0.15) is 0 Å². The molecule has 0 spiro atoms. The molecule has 0 aromatic carbocycles. The summed E-state index contributed by atoms with van der Waals surface area (Å²) in [6.45, 7) is 16.0. The highest BCUT2D eigenvalue weighted by Crippen LogP contribution is 2.14. The third kappa shape index (κ3) is 5.48. The number of hydrazone groups is 1. The van der Waals surface area contributed by atoms with Crippen molar-refractivity contribution in [1.29, 1.82) is 0 Å². The second-order valence-corrected chi connectivity index (χ2v) is 8.03. The van der Waals surface area contributed by atoms with Gasteiger partial charge in [0.2, 0.25) is 0 Å². The highest BCUT2D eigenvalue weighted by Gasteiger charge is 2.33. The van der Waals surface area contributed by atoms with Crippen LogP contribution in [0.15, 0.2) is 5.10 Å². The van der Waals surface area contributed by atoms with Crippen LogP contribution in [-0.2, 0) is 0 Å². The molecule has 0 amide bonds. The van der Waals surface area contributed by atoms with Crippen molar-refractivity contribution < 1.29 is 0 Å². The summed E-state index contributed by atoms with van der Waals surface area (Å²) in [4.78, 5) is 0. The zero-order valence-corrected chi connectivity index (χ0v) is 17.9. The van der Waals surface area contributed by atoms with Gasteiger partial charge in [0.15, 0.2) is 0 Å². The molecular formula is C18H39N11. The van der Waals surface area contributed by atoms with Crippen LogP contribution in [-0.4, -0.2) is 148 Å². The van der Waals surface area contributed by atoms with Crippen LogP contribution in [0.25, 0.3) is 0 Å². The molecule has 4 saturated heterocycles. The summed E-state index contributed by atoms with van der Waals surface area (Å²) in [5, 5.41) is 33.4. The van der Waals surface area contributed by atoms with Crippen molar-refractivity contribution in [2.24, 2.45) is 5.10 Å². The smallest absolute Gasteiger partial charge is 0.263 e. The first-order valence-corrected chi connectivity index (χ1v) is 11.3. The van der Waals surface area contributed by atoms with E-state index in [4.69, 9.17) is 5.10 Å². The number of nitrogens with one attached hydrogen (secondary N) is 4. The third-order valence-corrected chi connectivity index (χ3v) is 6.03. The Kier molecular flexibility index (Phi) is 7.77. The van der Waals surface area contributed by atoms with E-state index in [1.807, 2.05) is 0 Å². The molecule has 0 aromatic heterocycles. The molecule has 11 heteroatoms. The SMILES string of the molecule is CN(C(=NN1CCNCC1)N(N1CCNCC1)N1CCNCC1)N1CCNCC1. The van der Waals surface area contributed by atoms with Crippen LogP contribution in [0.4, 0.5) is 0 Å². The number of guanidine groups is 1. The lowest BCUT2D eigenvalue weighted by Gasteiger charge is -2.50. The van der Waals surface area contributed by atoms with Gasteiger partial charge < -0.3 is 21.3 Å². The topological polar surface area (TPSA) is 79.9 Å². The van der Waals surface area contributed by atoms with E-state index in [9.17, 15) is 0 Å². The predicted molar refractivity (Wildman–Crippen MR) is 115 cm³/mol. The molecule has 0 aliphatic carbocycles. The number of hydrazine groups is 3. The quantitative estimate of drug-likeness (QED) is 0.283. The van der Waals surface area contributed by atoms with E-state index < -0.39 is 0 Å². The Morgan fingerprint density at radius 2 is 0.966 bits per heavy atom. The Morgan fingerprint density at radius 3 is 1.41 bits per heavy atom. The van der Waals surface area contributed by atoms with Gasteiger partial charge in [0.05, 0.1) is 0 Å². The van der Waals surface area contributed by atoms with E-state index in [1.165, 1.54) is 0 Å². The first-order valence-electron chi connectivity index (χ1n) is 11.3. The summed E-state index contributed by atoms with van der Waals surface area (Å²) in [5.41, 5.74) is 0. The normalized spacial score (nSPS) is 26.5. The molecule has 0 bridgehead atoms. The second-order valence-electron chi connectivity index (χ2n) is 8.03. The Bertz CT molecular complexity index is 488. The zero-order valence-electron chi connectivity index (χ0n) is 17.9. The summed E-state index contributed by atoms with van der Waals surface area (Å²) < 4.78 is 0. The van der Waals surface area contributed by atoms with Crippen molar-refractivity contribution in [3.05, 3.63) is 0 Å². The maximum absolute atomic E-state index is 5.24. The fourth-order valence-electron chi connectivity index (χ4n) is 4.31. The number of piperazine rings is 4. The molecule has 4 rings (SSSR count). The summed E-state index contributed by atoms with van der Waals surface area (Å²) in [7, 11) is 2.18. The molecule has 29 heavy (non-hydrogen) atoms. The number of hydrogen-bond acceptors (Lipinski definition) is 9. The molecule has 0 saturated carbocycles. The van der Waals surface area contributed by atoms with Crippen LogP contribution in [0.3, 0.4) is 0 Å². The Balaban J connectivity index is 1.62. The molecule has 0 radical (unpaired) electrons. The number of rotatable bonds is 4. The van der Waals surface area contributed by atoms with Crippen molar-refractivity contribution in [2.75, 3.05) is 112 Å². The first kappa shape index (κ1) is 21.0. The highest BCUT2D eigenvalue weighted by molar-refractivity contribution is 5.78. The summed E-state index contributed by atoms with van der Waals surface area (Å²) in [6, 6.07) is 0. The van der Waals surface area contributed by atoms with E-state index in [-0.39, 0.29) is 0 Å². The second kappa shape index (κ2) is 10.7. The monoisotopic (exact) mass is 409 g/mol. The molecule has 4 fully saturated rings. The van der Waals surface area contributed by atoms with Crippen molar-refractivity contribution in [1.82, 2.24) is 51.4 Å². The van der Waals surface area contributed by atoms with Crippen LogP contribution in [0.2, 0.25) is 0 Å². The van der Waals surface area contributed by atoms with E-state index in [1.54, 1.807) is 0 Å². The molecule has 4 heterocycles. The van der Waals surface area contributed by atoms with Gasteiger partial charge in [-0.05, 0) is 0 Å². The van der Waals surface area contributed by atoms with Crippen molar-refractivity contribution in [2.45, 2.75) is 0 Å². The number of nitrogens with zero attached hydrogens (tertiary/aromatic N) is 7. The van der Waals surface area contributed by atoms with Gasteiger partial charge in [0.25, 0.3) is 5.96 Å². The minimum absolute atomic E-state index is 0.954. The fraction of sp³-hybridized carbons (Fsp3) is 0.944. The van der Waals surface area contributed by atoms with Gasteiger partial charge in [-0.25, -0.2) is 15.0 Å². The van der Waals surface area contributed by atoms with Crippen molar-refractivity contribution in [3.8, 4) is 0 Å². The Labute approximate surface area is 174 Å². The molecule has 4 N–H and O–H groups in total. The zero-order chi connectivity index (χ0) is 19.9. The molecule has 0 aromatic rings. The predicted octanol–water partition coefficient (Wildman–Crippen LogP) is -3.14. The standard InChI is InChI=1S/C18H39N11/c1-24(26-12-4-20-5-13-26)18(23-25-10-2-19-3-11-25)29(27-14-6-21-7-15-27)28-16-8-22-9-17-28/h19-22H,2-17H2,1H3. The molecule has 11 nitrogen and oxygen atoms in total. The molecule has 4 aliphatic heterocycles. The molecule has 0 atom stereocenters. The van der Waals surface area contributed by atoms with Gasteiger partial charge in [0.1, 0.15) is 0 Å². The average Bonchev–Trinajstić information content (AvgIpc) is 2.81. The molecular weight excluding hydrogens is 370 g/mol. The van der Waals surface area contributed by atoms with Crippen LogP contribution < -0.4 is 21.3 Å². The minimum atomic E-state index is 0.954. The maximum Gasteiger partial charge on any atom is 0.263 e. The highest BCUT2D eigenvalue weighted by atomic mass is 15.9. The fourth-order valence-corrected chi connectivity index (χ4v) is 4.31. The Morgan fingerprint density at radius 1 is 0.586 bits per heavy atom. The van der Waals surface area contributed by atoms with Gasteiger partial charge in [-0.2, -0.15) is 5.12 Å². The van der Waals surface area contributed by atoms with E-state index >= 15 is 0 Å².